The largest absolute Gasteiger partial charge is 0.380 e. The number of nitrogens with zero attached hydrogens (tertiary/aromatic N) is 3. The summed E-state index contributed by atoms with van der Waals surface area (Å²) in [4.78, 5) is 0. The molecule has 0 unspecified atom stereocenters. The average molecular weight is 266 g/mol. The molecule has 5 nitrogen and oxygen atoms in total. The molecule has 1 N–H and O–H groups in total. The van der Waals surface area contributed by atoms with Crippen molar-refractivity contribution in [3.05, 3.63) is 54.1 Å². The SMILES string of the molecule is COCc1ccc(-c2ccccc2-c2nn[nH]n2)cc1. The number of hydrogen-bond acceptors (Lipinski definition) is 4. The number of hydrogen-bond donors (Lipinski definition) is 1. The van der Waals surface area contributed by atoms with Crippen LogP contribution in [0.1, 0.15) is 5.56 Å². The molecule has 3 aromatic rings. The standard InChI is InChI=1S/C15H14N4O/c1-20-10-11-6-8-12(9-7-11)13-4-2-3-5-14(13)15-16-18-19-17-15/h2-9H,10H2,1H3,(H,16,17,18,19). The first-order valence-electron chi connectivity index (χ1n) is 6.29. The maximum atomic E-state index is 5.12. The van der Waals surface area contributed by atoms with Crippen molar-refractivity contribution in [2.75, 3.05) is 7.11 Å². The van der Waals surface area contributed by atoms with Crippen molar-refractivity contribution >= 4 is 0 Å². The predicted octanol–water partition coefficient (Wildman–Crippen LogP) is 2.68. The van der Waals surface area contributed by atoms with Crippen LogP contribution in [0.4, 0.5) is 0 Å². The molecule has 0 aliphatic carbocycles. The molecule has 0 radical (unpaired) electrons. The molecule has 0 bridgehead atoms. The van der Waals surface area contributed by atoms with Crippen molar-refractivity contribution in [2.45, 2.75) is 6.61 Å². The Balaban J connectivity index is 2.02. The number of methoxy groups -OCH3 is 1. The number of nitrogens with one attached hydrogen (secondary N) is 1. The van der Waals surface area contributed by atoms with E-state index < -0.39 is 0 Å². The van der Waals surface area contributed by atoms with Crippen molar-refractivity contribution in [2.24, 2.45) is 0 Å². The third kappa shape index (κ3) is 2.44. The minimum atomic E-state index is 0.599. The van der Waals surface area contributed by atoms with Crippen LogP contribution >= 0.6 is 0 Å². The molecule has 1 aromatic heterocycles. The zero-order valence-electron chi connectivity index (χ0n) is 11.1. The van der Waals surface area contributed by atoms with E-state index in [1.807, 2.05) is 18.2 Å². The van der Waals surface area contributed by atoms with Gasteiger partial charge in [-0.05, 0) is 21.9 Å². The van der Waals surface area contributed by atoms with E-state index in [9.17, 15) is 0 Å². The number of ether oxygens (including phenoxy) is 1. The Kier molecular flexibility index (Phi) is 3.52. The van der Waals surface area contributed by atoms with Crippen LogP contribution in [-0.2, 0) is 11.3 Å². The zero-order chi connectivity index (χ0) is 13.8. The highest BCUT2D eigenvalue weighted by molar-refractivity contribution is 5.80. The lowest BCUT2D eigenvalue weighted by molar-refractivity contribution is 0.185. The van der Waals surface area contributed by atoms with Crippen molar-refractivity contribution in [3.63, 3.8) is 0 Å². The number of tetrazole rings is 1. The molecule has 0 atom stereocenters. The second kappa shape index (κ2) is 5.63. The normalized spacial score (nSPS) is 10.7. The van der Waals surface area contributed by atoms with Gasteiger partial charge in [-0.15, -0.1) is 10.2 Å². The molecular formula is C15H14N4O. The van der Waals surface area contributed by atoms with Crippen LogP contribution in [0.25, 0.3) is 22.5 Å². The number of benzene rings is 2. The monoisotopic (exact) mass is 266 g/mol. The summed E-state index contributed by atoms with van der Waals surface area (Å²) < 4.78 is 5.12. The summed E-state index contributed by atoms with van der Waals surface area (Å²) >= 11 is 0. The van der Waals surface area contributed by atoms with Gasteiger partial charge >= 0.3 is 0 Å². The van der Waals surface area contributed by atoms with Gasteiger partial charge in [0.25, 0.3) is 0 Å². The average Bonchev–Trinajstić information content (AvgIpc) is 3.03. The van der Waals surface area contributed by atoms with Gasteiger partial charge < -0.3 is 4.74 Å². The van der Waals surface area contributed by atoms with E-state index in [-0.39, 0.29) is 0 Å². The smallest absolute Gasteiger partial charge is 0.205 e. The predicted molar refractivity (Wildman–Crippen MR) is 75.8 cm³/mol. The minimum Gasteiger partial charge on any atom is -0.380 e. The van der Waals surface area contributed by atoms with Gasteiger partial charge in [0.05, 0.1) is 6.61 Å². The van der Waals surface area contributed by atoms with Crippen LogP contribution in [0.15, 0.2) is 48.5 Å². The van der Waals surface area contributed by atoms with Gasteiger partial charge in [0.1, 0.15) is 0 Å². The topological polar surface area (TPSA) is 63.7 Å². The Bertz CT molecular complexity index is 677. The highest BCUT2D eigenvalue weighted by Gasteiger charge is 2.10. The first-order chi connectivity index (χ1) is 9.88. The molecule has 1 heterocycles. The van der Waals surface area contributed by atoms with E-state index in [0.717, 1.165) is 22.3 Å². The van der Waals surface area contributed by atoms with Crippen LogP contribution in [0.5, 0.6) is 0 Å². The first kappa shape index (κ1) is 12.5. The second-order valence-electron chi connectivity index (χ2n) is 4.41. The Hall–Kier alpha value is -2.53. The highest BCUT2D eigenvalue weighted by Crippen LogP contribution is 2.29. The number of rotatable bonds is 4. The van der Waals surface area contributed by atoms with E-state index in [0.29, 0.717) is 12.4 Å². The summed E-state index contributed by atoms with van der Waals surface area (Å²) in [5.74, 6) is 0.599. The van der Waals surface area contributed by atoms with Gasteiger partial charge in [-0.3, -0.25) is 0 Å². The third-order valence-corrected chi connectivity index (χ3v) is 3.09. The Labute approximate surface area is 116 Å². The van der Waals surface area contributed by atoms with Gasteiger partial charge in [0.2, 0.25) is 5.82 Å². The van der Waals surface area contributed by atoms with Gasteiger partial charge in [0, 0.05) is 12.7 Å². The lowest BCUT2D eigenvalue weighted by atomic mass is 9.98. The molecule has 0 aliphatic heterocycles. The zero-order valence-corrected chi connectivity index (χ0v) is 11.1. The lowest BCUT2D eigenvalue weighted by Gasteiger charge is -2.07. The van der Waals surface area contributed by atoms with E-state index in [1.54, 1.807) is 7.11 Å². The highest BCUT2D eigenvalue weighted by atomic mass is 16.5. The molecule has 0 saturated carbocycles. The molecule has 3 rings (SSSR count). The number of aromatic amines is 1. The number of H-pyrrole nitrogens is 1. The molecule has 0 fully saturated rings. The molecule has 0 spiro atoms. The fraction of sp³-hybridized carbons (Fsp3) is 0.133. The Morgan fingerprint density at radius 1 is 1.00 bits per heavy atom. The van der Waals surface area contributed by atoms with Crippen molar-refractivity contribution < 1.29 is 4.74 Å². The molecule has 0 amide bonds. The first-order valence-corrected chi connectivity index (χ1v) is 6.29. The summed E-state index contributed by atoms with van der Waals surface area (Å²) in [5.41, 5.74) is 4.30. The number of aromatic nitrogens is 4. The lowest BCUT2D eigenvalue weighted by Crippen LogP contribution is -1.89. The minimum absolute atomic E-state index is 0.599. The summed E-state index contributed by atoms with van der Waals surface area (Å²) in [5, 5.41) is 14.2. The Morgan fingerprint density at radius 3 is 2.40 bits per heavy atom. The second-order valence-corrected chi connectivity index (χ2v) is 4.41. The van der Waals surface area contributed by atoms with Crippen molar-refractivity contribution in [1.82, 2.24) is 20.6 Å². The summed E-state index contributed by atoms with van der Waals surface area (Å²) in [6.45, 7) is 0.618. The van der Waals surface area contributed by atoms with E-state index in [4.69, 9.17) is 4.74 Å². The molecular weight excluding hydrogens is 252 g/mol. The molecule has 20 heavy (non-hydrogen) atoms. The van der Waals surface area contributed by atoms with Crippen molar-refractivity contribution in [3.8, 4) is 22.5 Å². The summed E-state index contributed by atoms with van der Waals surface area (Å²) in [6, 6.07) is 16.3. The van der Waals surface area contributed by atoms with Crippen LogP contribution in [0.3, 0.4) is 0 Å². The molecule has 0 saturated heterocycles. The van der Waals surface area contributed by atoms with Crippen LogP contribution in [0.2, 0.25) is 0 Å². The van der Waals surface area contributed by atoms with Gasteiger partial charge in [-0.1, -0.05) is 48.5 Å². The third-order valence-electron chi connectivity index (χ3n) is 3.09. The molecule has 0 aliphatic rings. The molecule has 100 valence electrons. The van der Waals surface area contributed by atoms with Crippen LogP contribution in [-0.4, -0.2) is 27.7 Å². The van der Waals surface area contributed by atoms with E-state index in [1.165, 1.54) is 0 Å². The maximum absolute atomic E-state index is 5.12. The van der Waals surface area contributed by atoms with E-state index >= 15 is 0 Å². The maximum Gasteiger partial charge on any atom is 0.205 e. The van der Waals surface area contributed by atoms with E-state index in [2.05, 4.69) is 51.0 Å². The molecule has 5 heteroatoms. The Morgan fingerprint density at radius 2 is 1.75 bits per heavy atom. The van der Waals surface area contributed by atoms with Crippen LogP contribution in [0, 0.1) is 0 Å². The van der Waals surface area contributed by atoms with Gasteiger partial charge in [-0.2, -0.15) is 5.21 Å². The fourth-order valence-electron chi connectivity index (χ4n) is 2.15. The van der Waals surface area contributed by atoms with Gasteiger partial charge in [0.15, 0.2) is 0 Å². The summed E-state index contributed by atoms with van der Waals surface area (Å²) in [6.07, 6.45) is 0. The van der Waals surface area contributed by atoms with Crippen LogP contribution < -0.4 is 0 Å². The quantitative estimate of drug-likeness (QED) is 0.788. The summed E-state index contributed by atoms with van der Waals surface area (Å²) in [7, 11) is 1.69. The molecule has 2 aromatic carbocycles. The van der Waals surface area contributed by atoms with Gasteiger partial charge in [-0.25, -0.2) is 0 Å². The fourth-order valence-corrected chi connectivity index (χ4v) is 2.15. The van der Waals surface area contributed by atoms with Crippen molar-refractivity contribution in [1.29, 1.82) is 0 Å².